The van der Waals surface area contributed by atoms with Crippen molar-refractivity contribution >= 4 is 56.2 Å². The van der Waals surface area contributed by atoms with Gasteiger partial charge in [-0.1, -0.05) is 23.2 Å². The fourth-order valence-corrected chi connectivity index (χ4v) is 3.24. The van der Waals surface area contributed by atoms with Crippen LogP contribution in [0.25, 0.3) is 0 Å². The van der Waals surface area contributed by atoms with Gasteiger partial charge in [-0.2, -0.15) is 0 Å². The van der Waals surface area contributed by atoms with Crippen molar-refractivity contribution in [2.75, 3.05) is 5.32 Å². The van der Waals surface area contributed by atoms with Crippen LogP contribution in [0, 0.1) is 0 Å². The molecule has 1 heterocycles. The first-order valence-electron chi connectivity index (χ1n) is 4.58. The van der Waals surface area contributed by atoms with Gasteiger partial charge in [0.05, 0.1) is 3.79 Å². The van der Waals surface area contributed by atoms with Crippen molar-refractivity contribution in [1.82, 2.24) is 0 Å². The number of hydrogen-bond donors (Lipinski definition) is 1. The molecule has 1 aromatic heterocycles. The number of hydrogen-bond acceptors (Lipinski definition) is 2. The molecule has 1 nitrogen and oxygen atoms in total. The fraction of sp³-hybridized carbons (Fsp3) is 0.0909. The van der Waals surface area contributed by atoms with Crippen LogP contribution < -0.4 is 5.32 Å². The van der Waals surface area contributed by atoms with Crippen LogP contribution in [0.4, 0.5) is 5.69 Å². The Hall–Kier alpha value is -0.220. The molecule has 0 saturated heterocycles. The first-order valence-corrected chi connectivity index (χ1v) is 6.94. The minimum absolute atomic E-state index is 0.641. The van der Waals surface area contributed by atoms with Crippen molar-refractivity contribution in [3.8, 4) is 0 Å². The van der Waals surface area contributed by atoms with E-state index in [2.05, 4.69) is 27.3 Å². The molecule has 0 aliphatic carbocycles. The second-order valence-electron chi connectivity index (χ2n) is 3.22. The number of rotatable bonds is 3. The van der Waals surface area contributed by atoms with Crippen molar-refractivity contribution in [3.05, 3.63) is 49.0 Å². The number of thiophene rings is 1. The van der Waals surface area contributed by atoms with Gasteiger partial charge in [0.25, 0.3) is 0 Å². The maximum Gasteiger partial charge on any atom is 0.0702 e. The Labute approximate surface area is 117 Å². The Bertz CT molecular complexity index is 478. The van der Waals surface area contributed by atoms with E-state index in [1.165, 1.54) is 4.88 Å². The van der Waals surface area contributed by atoms with Crippen molar-refractivity contribution in [3.63, 3.8) is 0 Å². The normalized spacial score (nSPS) is 10.4. The van der Waals surface area contributed by atoms with Crippen LogP contribution in [-0.4, -0.2) is 0 Å². The van der Waals surface area contributed by atoms with Crippen LogP contribution in [0.2, 0.25) is 10.0 Å². The summed E-state index contributed by atoms with van der Waals surface area (Å²) in [7, 11) is 0. The fourth-order valence-electron chi connectivity index (χ4n) is 1.29. The highest BCUT2D eigenvalue weighted by Gasteiger charge is 2.00. The Morgan fingerprint density at radius 2 is 1.81 bits per heavy atom. The standard InChI is InChI=1S/C11H8BrCl2NS/c12-11-2-1-10(16-11)6-15-9-4-7(13)3-8(14)5-9/h1-5,15H,6H2. The Balaban J connectivity index is 2.04. The molecule has 0 bridgehead atoms. The van der Waals surface area contributed by atoms with Crippen LogP contribution in [-0.2, 0) is 6.54 Å². The smallest absolute Gasteiger partial charge is 0.0702 e. The summed E-state index contributed by atoms with van der Waals surface area (Å²) in [4.78, 5) is 1.25. The third-order valence-electron chi connectivity index (χ3n) is 1.96. The van der Waals surface area contributed by atoms with Gasteiger partial charge in [-0.25, -0.2) is 0 Å². The van der Waals surface area contributed by atoms with Crippen molar-refractivity contribution in [2.24, 2.45) is 0 Å². The number of halogens is 3. The van der Waals surface area contributed by atoms with Crippen molar-refractivity contribution in [1.29, 1.82) is 0 Å². The number of benzene rings is 1. The summed E-state index contributed by atoms with van der Waals surface area (Å²) >= 11 is 16.9. The van der Waals surface area contributed by atoms with Gasteiger partial charge in [-0.05, 0) is 46.3 Å². The lowest BCUT2D eigenvalue weighted by molar-refractivity contribution is 1.19. The van der Waals surface area contributed by atoms with Crippen LogP contribution in [0.15, 0.2) is 34.1 Å². The summed E-state index contributed by atoms with van der Waals surface area (Å²) in [6.45, 7) is 0.771. The zero-order chi connectivity index (χ0) is 11.5. The van der Waals surface area contributed by atoms with Crippen molar-refractivity contribution < 1.29 is 0 Å². The summed E-state index contributed by atoms with van der Waals surface area (Å²) in [6, 6.07) is 9.54. The van der Waals surface area contributed by atoms with Crippen molar-refractivity contribution in [2.45, 2.75) is 6.54 Å². The van der Waals surface area contributed by atoms with E-state index >= 15 is 0 Å². The lowest BCUT2D eigenvalue weighted by Gasteiger charge is -2.05. The molecule has 0 aliphatic rings. The molecule has 84 valence electrons. The second kappa shape index (κ2) is 5.41. The van der Waals surface area contributed by atoms with Crippen LogP contribution in [0.3, 0.4) is 0 Å². The zero-order valence-corrected chi connectivity index (χ0v) is 12.1. The monoisotopic (exact) mass is 335 g/mol. The summed E-state index contributed by atoms with van der Waals surface area (Å²) in [5.74, 6) is 0. The molecule has 16 heavy (non-hydrogen) atoms. The largest absolute Gasteiger partial charge is 0.380 e. The Morgan fingerprint density at radius 3 is 2.38 bits per heavy atom. The van der Waals surface area contributed by atoms with E-state index in [0.717, 1.165) is 16.0 Å². The highest BCUT2D eigenvalue weighted by atomic mass is 79.9. The molecule has 0 saturated carbocycles. The third-order valence-corrected chi connectivity index (χ3v) is 4.02. The minimum atomic E-state index is 0.641. The molecule has 0 atom stereocenters. The molecule has 0 unspecified atom stereocenters. The molecule has 2 aromatic rings. The van der Waals surface area contributed by atoms with E-state index in [0.29, 0.717) is 10.0 Å². The van der Waals surface area contributed by atoms with E-state index in [1.54, 1.807) is 17.4 Å². The number of nitrogens with one attached hydrogen (secondary N) is 1. The van der Waals surface area contributed by atoms with E-state index < -0.39 is 0 Å². The SMILES string of the molecule is Clc1cc(Cl)cc(NCc2ccc(Br)s2)c1. The lowest BCUT2D eigenvalue weighted by Crippen LogP contribution is -1.96. The minimum Gasteiger partial charge on any atom is -0.380 e. The maximum atomic E-state index is 5.91. The van der Waals surface area contributed by atoms with E-state index in [4.69, 9.17) is 23.2 Å². The topological polar surface area (TPSA) is 12.0 Å². The molecule has 1 N–H and O–H groups in total. The molecule has 0 spiro atoms. The maximum absolute atomic E-state index is 5.91. The first kappa shape index (κ1) is 12.2. The molecule has 0 radical (unpaired) electrons. The molecular formula is C11H8BrCl2NS. The average Bonchev–Trinajstić information content (AvgIpc) is 2.60. The van der Waals surface area contributed by atoms with Gasteiger partial charge in [0.15, 0.2) is 0 Å². The average molecular weight is 337 g/mol. The highest BCUT2D eigenvalue weighted by molar-refractivity contribution is 9.11. The van der Waals surface area contributed by atoms with Gasteiger partial charge in [0, 0.05) is 27.2 Å². The molecular weight excluding hydrogens is 329 g/mol. The van der Waals surface area contributed by atoms with Crippen LogP contribution >= 0.6 is 50.5 Å². The molecule has 0 fully saturated rings. The summed E-state index contributed by atoms with van der Waals surface area (Å²) < 4.78 is 1.13. The summed E-state index contributed by atoms with van der Waals surface area (Å²) in [6.07, 6.45) is 0. The van der Waals surface area contributed by atoms with Gasteiger partial charge in [-0.3, -0.25) is 0 Å². The van der Waals surface area contributed by atoms with Crippen LogP contribution in [0.5, 0.6) is 0 Å². The predicted octanol–water partition coefficient (Wildman–Crippen LogP) is 5.43. The van der Waals surface area contributed by atoms with Gasteiger partial charge in [0.2, 0.25) is 0 Å². The Morgan fingerprint density at radius 1 is 1.12 bits per heavy atom. The van der Waals surface area contributed by atoms with Gasteiger partial charge >= 0.3 is 0 Å². The first-order chi connectivity index (χ1) is 7.63. The molecule has 5 heteroatoms. The third kappa shape index (κ3) is 3.39. The quantitative estimate of drug-likeness (QED) is 0.788. The van der Waals surface area contributed by atoms with E-state index in [1.807, 2.05) is 18.2 Å². The van der Waals surface area contributed by atoms with Crippen LogP contribution in [0.1, 0.15) is 4.88 Å². The molecule has 0 aliphatic heterocycles. The summed E-state index contributed by atoms with van der Waals surface area (Å²) in [5.41, 5.74) is 0.932. The highest BCUT2D eigenvalue weighted by Crippen LogP contribution is 2.25. The number of anilines is 1. The molecule has 0 amide bonds. The molecule has 1 aromatic carbocycles. The van der Waals surface area contributed by atoms with E-state index in [-0.39, 0.29) is 0 Å². The molecule has 2 rings (SSSR count). The van der Waals surface area contributed by atoms with E-state index in [9.17, 15) is 0 Å². The van der Waals surface area contributed by atoms with Gasteiger partial charge in [0.1, 0.15) is 0 Å². The zero-order valence-electron chi connectivity index (χ0n) is 8.14. The summed E-state index contributed by atoms with van der Waals surface area (Å²) in [5, 5.41) is 4.56. The second-order valence-corrected chi connectivity index (χ2v) is 6.64. The predicted molar refractivity (Wildman–Crippen MR) is 75.8 cm³/mol. The van der Waals surface area contributed by atoms with Gasteiger partial charge < -0.3 is 5.32 Å². The van der Waals surface area contributed by atoms with Gasteiger partial charge in [-0.15, -0.1) is 11.3 Å². The lowest BCUT2D eigenvalue weighted by atomic mass is 10.3. The Kier molecular flexibility index (Phi) is 4.14.